The Hall–Kier alpha value is -3.28. The number of carbonyl (C=O) groups is 2. The van der Waals surface area contributed by atoms with Gasteiger partial charge >= 0.3 is 6.61 Å². The Balaban J connectivity index is 1.46. The van der Waals surface area contributed by atoms with E-state index >= 15 is 0 Å². The maximum atomic E-state index is 12.9. The molecule has 35 heavy (non-hydrogen) atoms. The molecular weight excluding hydrogens is 476 g/mol. The molecule has 0 unspecified atom stereocenters. The average molecular weight is 502 g/mol. The van der Waals surface area contributed by atoms with Gasteiger partial charge in [-0.3, -0.25) is 14.5 Å². The summed E-state index contributed by atoms with van der Waals surface area (Å²) in [6.07, 6.45) is -0.00572. The molecule has 0 bridgehead atoms. The Morgan fingerprint density at radius 2 is 1.83 bits per heavy atom. The van der Waals surface area contributed by atoms with Crippen molar-refractivity contribution in [3.63, 3.8) is 0 Å². The summed E-state index contributed by atoms with van der Waals surface area (Å²) in [6.45, 7) is 0.199. The van der Waals surface area contributed by atoms with Crippen LogP contribution < -0.4 is 10.1 Å². The van der Waals surface area contributed by atoms with Gasteiger partial charge in [-0.1, -0.05) is 41.7 Å². The molecule has 0 atom stereocenters. The number of Topliss-reactive ketones (excluding diaryl/α,β-unsaturated/α-hetero) is 1. The van der Waals surface area contributed by atoms with E-state index in [-0.39, 0.29) is 41.7 Å². The van der Waals surface area contributed by atoms with Crippen molar-refractivity contribution in [2.24, 2.45) is 0 Å². The maximum absolute atomic E-state index is 12.9. The first kappa shape index (κ1) is 24.8. The zero-order chi connectivity index (χ0) is 24.8. The van der Waals surface area contributed by atoms with E-state index in [4.69, 9.17) is 0 Å². The Morgan fingerprint density at radius 3 is 2.54 bits per heavy atom. The molecule has 3 aromatic rings. The summed E-state index contributed by atoms with van der Waals surface area (Å²) in [4.78, 5) is 29.7. The number of anilines is 1. The first-order valence-corrected chi connectivity index (χ1v) is 11.9. The number of carbonyl (C=O) groups excluding carboxylic acids is 2. The van der Waals surface area contributed by atoms with Crippen LogP contribution >= 0.6 is 11.3 Å². The lowest BCUT2D eigenvalue weighted by Crippen LogP contribution is -2.47. The molecule has 1 aromatic heterocycles. The molecule has 1 saturated heterocycles. The SMILES string of the molecule is CN1CCN(CC(=O)Nc2cc(C(=O)Cc3nnc(-c4ccccc4)s3)ccc2OC(F)F)CC1. The van der Waals surface area contributed by atoms with Gasteiger partial charge in [0.1, 0.15) is 15.8 Å². The van der Waals surface area contributed by atoms with E-state index in [0.717, 1.165) is 31.7 Å². The van der Waals surface area contributed by atoms with Crippen LogP contribution in [0.4, 0.5) is 14.5 Å². The quantitative estimate of drug-likeness (QED) is 0.450. The summed E-state index contributed by atoms with van der Waals surface area (Å²) >= 11 is 1.31. The summed E-state index contributed by atoms with van der Waals surface area (Å²) < 4.78 is 30.4. The number of piperazine rings is 1. The highest BCUT2D eigenvalue weighted by Crippen LogP contribution is 2.29. The van der Waals surface area contributed by atoms with E-state index in [1.54, 1.807) is 0 Å². The van der Waals surface area contributed by atoms with Gasteiger partial charge in [0, 0.05) is 37.3 Å². The largest absolute Gasteiger partial charge is 0.433 e. The normalized spacial score (nSPS) is 14.7. The molecule has 2 heterocycles. The number of hydrogen-bond donors (Lipinski definition) is 1. The zero-order valence-corrected chi connectivity index (χ0v) is 19.9. The number of amides is 1. The van der Waals surface area contributed by atoms with Crippen LogP contribution in [0.1, 0.15) is 15.4 Å². The lowest BCUT2D eigenvalue weighted by Gasteiger charge is -2.31. The van der Waals surface area contributed by atoms with Crippen LogP contribution in [0.3, 0.4) is 0 Å². The van der Waals surface area contributed by atoms with Crippen molar-refractivity contribution >= 4 is 28.7 Å². The van der Waals surface area contributed by atoms with Crippen LogP contribution in [-0.2, 0) is 11.2 Å². The van der Waals surface area contributed by atoms with Crippen molar-refractivity contribution < 1.29 is 23.1 Å². The summed E-state index contributed by atoms with van der Waals surface area (Å²) in [5, 5.41) is 12.1. The highest BCUT2D eigenvalue weighted by Gasteiger charge is 2.20. The number of aromatic nitrogens is 2. The zero-order valence-electron chi connectivity index (χ0n) is 19.1. The van der Waals surface area contributed by atoms with Crippen LogP contribution in [0.15, 0.2) is 48.5 Å². The lowest BCUT2D eigenvalue weighted by molar-refractivity contribution is -0.117. The predicted octanol–water partition coefficient (Wildman–Crippen LogP) is 3.42. The van der Waals surface area contributed by atoms with Crippen LogP contribution in [0, 0.1) is 0 Å². The fraction of sp³-hybridized carbons (Fsp3) is 0.333. The van der Waals surface area contributed by atoms with Crippen molar-refractivity contribution in [2.75, 3.05) is 45.1 Å². The molecular formula is C24H25F2N5O3S. The smallest absolute Gasteiger partial charge is 0.387 e. The number of benzene rings is 2. The number of halogens is 2. The number of alkyl halides is 2. The van der Waals surface area contributed by atoms with E-state index in [9.17, 15) is 18.4 Å². The first-order valence-electron chi connectivity index (χ1n) is 11.1. The highest BCUT2D eigenvalue weighted by molar-refractivity contribution is 7.14. The second kappa shape index (κ2) is 11.4. The van der Waals surface area contributed by atoms with E-state index in [1.165, 1.54) is 29.5 Å². The molecule has 0 saturated carbocycles. The van der Waals surface area contributed by atoms with E-state index in [0.29, 0.717) is 10.0 Å². The van der Waals surface area contributed by atoms with Gasteiger partial charge in [0.2, 0.25) is 5.91 Å². The third-order valence-corrected chi connectivity index (χ3v) is 6.53. The molecule has 1 fully saturated rings. The molecule has 184 valence electrons. The van der Waals surface area contributed by atoms with Crippen LogP contribution in [-0.4, -0.2) is 78.1 Å². The van der Waals surface area contributed by atoms with Crippen molar-refractivity contribution in [1.82, 2.24) is 20.0 Å². The molecule has 0 spiro atoms. The second-order valence-electron chi connectivity index (χ2n) is 8.18. The summed E-state index contributed by atoms with van der Waals surface area (Å²) in [7, 11) is 2.01. The summed E-state index contributed by atoms with van der Waals surface area (Å²) in [5.41, 5.74) is 1.18. The van der Waals surface area contributed by atoms with Crippen molar-refractivity contribution in [3.8, 4) is 16.3 Å². The van der Waals surface area contributed by atoms with Gasteiger partial charge < -0.3 is 15.0 Å². The monoisotopic (exact) mass is 501 g/mol. The standard InChI is InChI=1S/C24H25F2N5O3S/c1-30-9-11-31(12-10-30)15-21(33)27-18-13-17(7-8-20(18)34-24(25)26)19(32)14-22-28-29-23(35-22)16-5-3-2-4-6-16/h2-8,13,24H,9-12,14-15H2,1H3,(H,27,33). The third-order valence-electron chi connectivity index (χ3n) is 5.55. The minimum absolute atomic E-state index is 0.00572. The van der Waals surface area contributed by atoms with Gasteiger partial charge in [0.25, 0.3) is 0 Å². The van der Waals surface area contributed by atoms with Gasteiger partial charge in [-0.05, 0) is 25.2 Å². The van der Waals surface area contributed by atoms with Gasteiger partial charge in [-0.15, -0.1) is 10.2 Å². The topological polar surface area (TPSA) is 87.7 Å². The predicted molar refractivity (Wildman–Crippen MR) is 129 cm³/mol. The fourth-order valence-electron chi connectivity index (χ4n) is 3.66. The van der Waals surface area contributed by atoms with Gasteiger partial charge in [-0.2, -0.15) is 8.78 Å². The first-order chi connectivity index (χ1) is 16.9. The molecule has 11 heteroatoms. The number of nitrogens with one attached hydrogen (secondary N) is 1. The number of ether oxygens (including phenoxy) is 1. The Kier molecular flexibility index (Phi) is 8.11. The van der Waals surface area contributed by atoms with Crippen LogP contribution in [0.25, 0.3) is 10.6 Å². The molecule has 8 nitrogen and oxygen atoms in total. The minimum atomic E-state index is -3.07. The fourth-order valence-corrected chi connectivity index (χ4v) is 4.50. The Labute approximate surface area is 205 Å². The van der Waals surface area contributed by atoms with E-state index < -0.39 is 6.61 Å². The second-order valence-corrected chi connectivity index (χ2v) is 9.25. The maximum Gasteiger partial charge on any atom is 0.387 e. The van der Waals surface area contributed by atoms with Gasteiger partial charge in [0.05, 0.1) is 18.7 Å². The molecule has 1 aliphatic rings. The molecule has 0 radical (unpaired) electrons. The van der Waals surface area contributed by atoms with E-state index in [2.05, 4.69) is 25.2 Å². The molecule has 1 aliphatic heterocycles. The van der Waals surface area contributed by atoms with Crippen LogP contribution in [0.5, 0.6) is 5.75 Å². The highest BCUT2D eigenvalue weighted by atomic mass is 32.1. The summed E-state index contributed by atoms with van der Waals surface area (Å²) in [6, 6.07) is 13.5. The number of likely N-dealkylation sites (N-methyl/N-ethyl adjacent to an activating group) is 1. The Bertz CT molecular complexity index is 1170. The Morgan fingerprint density at radius 1 is 1.09 bits per heavy atom. The summed E-state index contributed by atoms with van der Waals surface area (Å²) in [5.74, 6) is -0.848. The van der Waals surface area contributed by atoms with Gasteiger partial charge in [-0.25, -0.2) is 0 Å². The number of rotatable bonds is 9. The minimum Gasteiger partial charge on any atom is -0.433 e. The van der Waals surface area contributed by atoms with Gasteiger partial charge in [0.15, 0.2) is 5.78 Å². The number of nitrogens with zero attached hydrogens (tertiary/aromatic N) is 4. The van der Waals surface area contributed by atoms with Crippen molar-refractivity contribution in [2.45, 2.75) is 13.0 Å². The molecule has 1 amide bonds. The van der Waals surface area contributed by atoms with Crippen molar-refractivity contribution in [3.05, 3.63) is 59.1 Å². The third kappa shape index (κ3) is 6.87. The number of ketones is 1. The molecule has 0 aliphatic carbocycles. The molecule has 1 N–H and O–H groups in total. The average Bonchev–Trinajstić information content (AvgIpc) is 3.30. The molecule has 4 rings (SSSR count). The van der Waals surface area contributed by atoms with Crippen molar-refractivity contribution in [1.29, 1.82) is 0 Å². The number of hydrogen-bond acceptors (Lipinski definition) is 8. The lowest BCUT2D eigenvalue weighted by atomic mass is 10.1. The van der Waals surface area contributed by atoms with E-state index in [1.807, 2.05) is 42.3 Å². The molecule has 2 aromatic carbocycles. The van der Waals surface area contributed by atoms with Crippen LogP contribution in [0.2, 0.25) is 0 Å².